The van der Waals surface area contributed by atoms with Gasteiger partial charge in [0.15, 0.2) is 0 Å². The molecule has 0 aromatic carbocycles. The summed E-state index contributed by atoms with van der Waals surface area (Å²) in [5.41, 5.74) is 2.27. The molecule has 0 bridgehead atoms. The number of hydrogen-bond donors (Lipinski definition) is 2. The zero-order chi connectivity index (χ0) is 18.5. The van der Waals surface area contributed by atoms with Crippen LogP contribution in [0.1, 0.15) is 70.6 Å². The molecule has 0 amide bonds. The lowest BCUT2D eigenvalue weighted by Crippen LogP contribution is -2.56. The molecule has 4 heteroatoms. The molecule has 0 spiro atoms. The number of H-pyrrole nitrogens is 1. The molecule has 144 valence electrons. The summed E-state index contributed by atoms with van der Waals surface area (Å²) in [6.45, 7) is 6.92. The van der Waals surface area contributed by atoms with Crippen molar-refractivity contribution in [3.05, 3.63) is 21.6 Å². The van der Waals surface area contributed by atoms with Gasteiger partial charge in [0.25, 0.3) is 5.56 Å². The van der Waals surface area contributed by atoms with Gasteiger partial charge in [0.05, 0.1) is 5.60 Å². The van der Waals surface area contributed by atoms with E-state index in [1.54, 1.807) is 0 Å². The van der Waals surface area contributed by atoms with Gasteiger partial charge in [-0.2, -0.15) is 0 Å². The van der Waals surface area contributed by atoms with Crippen LogP contribution in [0.4, 0.5) is 0 Å². The van der Waals surface area contributed by atoms with Crippen LogP contribution in [0.2, 0.25) is 0 Å². The summed E-state index contributed by atoms with van der Waals surface area (Å²) < 4.78 is 1.97. The first kappa shape index (κ1) is 17.1. The lowest BCUT2D eigenvalue weighted by Gasteiger charge is -2.60. The maximum absolute atomic E-state index is 12.5. The van der Waals surface area contributed by atoms with Crippen molar-refractivity contribution < 1.29 is 5.11 Å². The molecular weight excluding hydrogens is 324 g/mol. The van der Waals surface area contributed by atoms with E-state index in [0.29, 0.717) is 17.8 Å². The Balaban J connectivity index is 1.53. The zero-order valence-corrected chi connectivity index (χ0v) is 16.8. The van der Waals surface area contributed by atoms with E-state index in [1.165, 1.54) is 31.4 Å². The van der Waals surface area contributed by atoms with E-state index in [-0.39, 0.29) is 16.4 Å². The molecule has 1 heterocycles. The first-order valence-corrected chi connectivity index (χ1v) is 10.7. The predicted octanol–water partition coefficient (Wildman–Crippen LogP) is 3.42. The van der Waals surface area contributed by atoms with E-state index in [9.17, 15) is 9.90 Å². The zero-order valence-electron chi connectivity index (χ0n) is 16.8. The third kappa shape index (κ3) is 1.92. The maximum Gasteiger partial charge on any atom is 0.267 e. The van der Waals surface area contributed by atoms with Crippen molar-refractivity contribution in [2.45, 2.75) is 77.7 Å². The molecule has 0 aliphatic heterocycles. The van der Waals surface area contributed by atoms with E-state index in [2.05, 4.69) is 25.9 Å². The quantitative estimate of drug-likeness (QED) is 0.746. The van der Waals surface area contributed by atoms with Crippen LogP contribution in [0.5, 0.6) is 0 Å². The van der Waals surface area contributed by atoms with Gasteiger partial charge in [0.2, 0.25) is 0 Å². The Morgan fingerprint density at radius 1 is 1.08 bits per heavy atom. The molecular formula is C22H34N2O2. The van der Waals surface area contributed by atoms with Crippen LogP contribution < -0.4 is 5.56 Å². The third-order valence-corrected chi connectivity index (χ3v) is 9.92. The lowest BCUT2D eigenvalue weighted by molar-refractivity contribution is -0.139. The third-order valence-electron chi connectivity index (χ3n) is 9.92. The minimum Gasteiger partial charge on any atom is -0.390 e. The molecule has 3 fully saturated rings. The van der Waals surface area contributed by atoms with Gasteiger partial charge in [-0.05, 0) is 92.8 Å². The van der Waals surface area contributed by atoms with Crippen molar-refractivity contribution in [3.63, 3.8) is 0 Å². The van der Waals surface area contributed by atoms with Crippen LogP contribution in [0.15, 0.2) is 4.79 Å². The minimum absolute atomic E-state index is 0.0847. The largest absolute Gasteiger partial charge is 0.390 e. The van der Waals surface area contributed by atoms with Crippen LogP contribution in [0, 0.1) is 34.5 Å². The average molecular weight is 359 g/mol. The first-order chi connectivity index (χ1) is 12.2. The van der Waals surface area contributed by atoms with E-state index in [0.717, 1.165) is 37.2 Å². The van der Waals surface area contributed by atoms with Gasteiger partial charge in [0, 0.05) is 18.3 Å². The maximum atomic E-state index is 12.5. The van der Waals surface area contributed by atoms with Gasteiger partial charge < -0.3 is 5.11 Å². The number of aromatic amines is 1. The molecule has 4 aliphatic rings. The van der Waals surface area contributed by atoms with Crippen molar-refractivity contribution >= 4 is 0 Å². The van der Waals surface area contributed by atoms with Crippen molar-refractivity contribution in [1.29, 1.82) is 0 Å². The van der Waals surface area contributed by atoms with Gasteiger partial charge >= 0.3 is 0 Å². The Morgan fingerprint density at radius 2 is 1.81 bits per heavy atom. The molecule has 4 nitrogen and oxygen atoms in total. The SMILES string of the molecule is Cn1[nH]c(=O)c2c1C[C@@H]1CC[C@@H]3[C@H](CC[C@@]4(C)[C@H]3CC[C@]4(C)O)[C@@]1(C)C2. The Bertz CT molecular complexity index is 806. The van der Waals surface area contributed by atoms with Crippen LogP contribution in [-0.2, 0) is 19.9 Å². The molecule has 26 heavy (non-hydrogen) atoms. The molecule has 1 aromatic rings. The molecule has 2 N–H and O–H groups in total. The van der Waals surface area contributed by atoms with Gasteiger partial charge in [-0.25, -0.2) is 0 Å². The molecule has 7 atom stereocenters. The standard InChI is InChI=1S/C22H34N2O2/c1-20-12-15-18(24(4)23-19(15)25)11-13(20)5-6-14-16(20)7-9-21(2)17(14)8-10-22(21,3)26/h13-14,16-17,26H,5-12H2,1-4H3,(H,23,25)/t13-,14+,16-,17-,20-,21-,22-/m0/s1. The van der Waals surface area contributed by atoms with Gasteiger partial charge in [-0.1, -0.05) is 13.8 Å². The summed E-state index contributed by atoms with van der Waals surface area (Å²) in [4.78, 5) is 12.5. The van der Waals surface area contributed by atoms with E-state index in [4.69, 9.17) is 0 Å². The second-order valence-corrected chi connectivity index (χ2v) is 10.7. The predicted molar refractivity (Wildman–Crippen MR) is 102 cm³/mol. The van der Waals surface area contributed by atoms with Crippen molar-refractivity contribution in [1.82, 2.24) is 9.78 Å². The van der Waals surface area contributed by atoms with Gasteiger partial charge in [-0.15, -0.1) is 0 Å². The Morgan fingerprint density at radius 3 is 2.58 bits per heavy atom. The van der Waals surface area contributed by atoms with Crippen molar-refractivity contribution in [2.24, 2.45) is 41.5 Å². The Hall–Kier alpha value is -1.03. The second kappa shape index (κ2) is 5.06. The molecule has 5 rings (SSSR count). The first-order valence-electron chi connectivity index (χ1n) is 10.7. The topological polar surface area (TPSA) is 58.0 Å². The highest BCUT2D eigenvalue weighted by Crippen LogP contribution is 2.67. The smallest absolute Gasteiger partial charge is 0.267 e. The highest BCUT2D eigenvalue weighted by Gasteiger charge is 2.63. The van der Waals surface area contributed by atoms with Crippen LogP contribution in [0.25, 0.3) is 0 Å². The molecule has 1 aromatic heterocycles. The fraction of sp³-hybridized carbons (Fsp3) is 0.864. The van der Waals surface area contributed by atoms with Crippen molar-refractivity contribution in [3.8, 4) is 0 Å². The highest BCUT2D eigenvalue weighted by molar-refractivity contribution is 5.27. The average Bonchev–Trinajstić information content (AvgIpc) is 2.98. The summed E-state index contributed by atoms with van der Waals surface area (Å²) >= 11 is 0. The fourth-order valence-corrected chi connectivity index (χ4v) is 8.07. The Kier molecular flexibility index (Phi) is 3.33. The summed E-state index contributed by atoms with van der Waals surface area (Å²) in [7, 11) is 1.99. The van der Waals surface area contributed by atoms with E-state index >= 15 is 0 Å². The lowest BCUT2D eigenvalue weighted by atomic mass is 9.44. The van der Waals surface area contributed by atoms with E-state index < -0.39 is 5.60 Å². The number of aromatic nitrogens is 2. The number of aryl methyl sites for hydroxylation is 1. The molecule has 0 unspecified atom stereocenters. The van der Waals surface area contributed by atoms with Crippen LogP contribution in [-0.4, -0.2) is 20.5 Å². The second-order valence-electron chi connectivity index (χ2n) is 10.7. The monoisotopic (exact) mass is 358 g/mol. The van der Waals surface area contributed by atoms with Gasteiger partial charge in [0.1, 0.15) is 0 Å². The Labute approximate surface area is 156 Å². The van der Waals surface area contributed by atoms with Crippen molar-refractivity contribution in [2.75, 3.05) is 0 Å². The number of fused-ring (bicyclic) bond motifs is 6. The number of nitrogens with one attached hydrogen (secondary N) is 1. The van der Waals surface area contributed by atoms with E-state index in [1.807, 2.05) is 11.7 Å². The van der Waals surface area contributed by atoms with Crippen LogP contribution >= 0.6 is 0 Å². The van der Waals surface area contributed by atoms with Gasteiger partial charge in [-0.3, -0.25) is 14.6 Å². The highest BCUT2D eigenvalue weighted by atomic mass is 16.3. The summed E-state index contributed by atoms with van der Waals surface area (Å²) in [5, 5.41) is 14.1. The minimum atomic E-state index is -0.503. The number of rotatable bonds is 0. The molecule has 0 radical (unpaired) electrons. The fourth-order valence-electron chi connectivity index (χ4n) is 8.07. The number of nitrogens with zero attached hydrogens (tertiary/aromatic N) is 1. The number of aliphatic hydroxyl groups is 1. The summed E-state index contributed by atoms with van der Waals surface area (Å²) in [5.74, 6) is 2.79. The summed E-state index contributed by atoms with van der Waals surface area (Å²) in [6, 6.07) is 0. The van der Waals surface area contributed by atoms with Crippen LogP contribution in [0.3, 0.4) is 0 Å². The summed E-state index contributed by atoms with van der Waals surface area (Å²) in [6.07, 6.45) is 9.12. The normalized spacial score (nSPS) is 49.9. The molecule has 3 saturated carbocycles. The number of hydrogen-bond acceptors (Lipinski definition) is 2. The molecule has 4 aliphatic carbocycles. The molecule has 0 saturated heterocycles.